The lowest BCUT2D eigenvalue weighted by Crippen LogP contribution is -2.23. The first-order valence-electron chi connectivity index (χ1n) is 6.49. The van der Waals surface area contributed by atoms with Gasteiger partial charge >= 0.3 is 23.9 Å². The molecule has 2 unspecified atom stereocenters. The topological polar surface area (TPSA) is 162 Å². The van der Waals surface area contributed by atoms with Gasteiger partial charge in [0, 0.05) is 6.20 Å². The van der Waals surface area contributed by atoms with Gasteiger partial charge in [0.05, 0.1) is 24.5 Å². The number of hydrogen-bond donors (Lipinski definition) is 4. The average Bonchev–Trinajstić information content (AvgIpc) is 2.41. The number of aliphatic carboxylic acids is 4. The number of pyridine rings is 1. The zero-order chi connectivity index (χ0) is 17.7. The first-order valence-corrected chi connectivity index (χ1v) is 6.49. The van der Waals surface area contributed by atoms with Gasteiger partial charge in [-0.3, -0.25) is 24.2 Å². The Kier molecular flexibility index (Phi) is 5.77. The summed E-state index contributed by atoms with van der Waals surface area (Å²) in [6.07, 6.45) is -0.291. The van der Waals surface area contributed by atoms with E-state index in [4.69, 9.17) is 10.2 Å². The summed E-state index contributed by atoms with van der Waals surface area (Å²) < 4.78 is 0. The molecule has 0 saturated heterocycles. The largest absolute Gasteiger partial charge is 0.481 e. The van der Waals surface area contributed by atoms with Gasteiger partial charge in [0.2, 0.25) is 0 Å². The van der Waals surface area contributed by atoms with Crippen LogP contribution < -0.4 is 0 Å². The Hall–Kier alpha value is -2.97. The van der Waals surface area contributed by atoms with Gasteiger partial charge in [0.1, 0.15) is 5.92 Å². The van der Waals surface area contributed by atoms with Gasteiger partial charge in [-0.15, -0.1) is 0 Å². The number of carbonyl (C=O) groups is 4. The van der Waals surface area contributed by atoms with Gasteiger partial charge in [0.25, 0.3) is 0 Å². The van der Waals surface area contributed by atoms with Crippen LogP contribution in [0.1, 0.15) is 41.5 Å². The minimum Gasteiger partial charge on any atom is -0.481 e. The van der Waals surface area contributed by atoms with Crippen molar-refractivity contribution in [2.24, 2.45) is 0 Å². The Balaban J connectivity index is 3.48. The van der Waals surface area contributed by atoms with Crippen molar-refractivity contribution in [1.29, 1.82) is 0 Å². The number of carboxylic acid groups (broad SMARTS) is 4. The number of carboxylic acids is 4. The Morgan fingerprint density at radius 3 is 1.87 bits per heavy atom. The summed E-state index contributed by atoms with van der Waals surface area (Å²) in [5.41, 5.74) is 0.146. The molecule has 0 bridgehead atoms. The van der Waals surface area contributed by atoms with Crippen molar-refractivity contribution in [2.45, 2.75) is 31.6 Å². The average molecular weight is 325 g/mol. The molecule has 1 aromatic rings. The quantitative estimate of drug-likeness (QED) is 0.538. The van der Waals surface area contributed by atoms with Crippen LogP contribution in [0.2, 0.25) is 0 Å². The van der Waals surface area contributed by atoms with Crippen LogP contribution in [0.5, 0.6) is 0 Å². The molecule has 0 amide bonds. The molecule has 4 N–H and O–H groups in total. The van der Waals surface area contributed by atoms with E-state index in [2.05, 4.69) is 4.98 Å². The second kappa shape index (κ2) is 7.34. The van der Waals surface area contributed by atoms with Gasteiger partial charge in [-0.2, -0.15) is 0 Å². The van der Waals surface area contributed by atoms with Crippen molar-refractivity contribution in [3.63, 3.8) is 0 Å². The summed E-state index contributed by atoms with van der Waals surface area (Å²) in [7, 11) is 0. The number of aryl methyl sites for hydroxylation is 1. The van der Waals surface area contributed by atoms with Crippen molar-refractivity contribution in [3.8, 4) is 0 Å². The van der Waals surface area contributed by atoms with Gasteiger partial charge < -0.3 is 20.4 Å². The third-order valence-electron chi connectivity index (χ3n) is 3.15. The molecule has 0 fully saturated rings. The molecule has 9 nitrogen and oxygen atoms in total. The molecule has 0 radical (unpaired) electrons. The summed E-state index contributed by atoms with van der Waals surface area (Å²) in [5.74, 6) is -8.81. The van der Waals surface area contributed by atoms with Gasteiger partial charge in [-0.1, -0.05) is 6.07 Å². The number of nitrogens with zero attached hydrogens (tertiary/aromatic N) is 1. The molecule has 0 aliphatic heterocycles. The van der Waals surface area contributed by atoms with Crippen LogP contribution in [0.15, 0.2) is 12.3 Å². The Bertz CT molecular complexity index is 654. The van der Waals surface area contributed by atoms with E-state index in [0.717, 1.165) is 0 Å². The normalized spacial score (nSPS) is 13.1. The lowest BCUT2D eigenvalue weighted by atomic mass is 9.87. The van der Waals surface area contributed by atoms with E-state index in [9.17, 15) is 29.4 Å². The fourth-order valence-electron chi connectivity index (χ4n) is 2.15. The molecule has 0 aromatic carbocycles. The third-order valence-corrected chi connectivity index (χ3v) is 3.15. The summed E-state index contributed by atoms with van der Waals surface area (Å²) in [5, 5.41) is 36.1. The van der Waals surface area contributed by atoms with Crippen LogP contribution in [0.4, 0.5) is 0 Å². The van der Waals surface area contributed by atoms with Crippen molar-refractivity contribution < 1.29 is 39.6 Å². The number of hydrogen-bond acceptors (Lipinski definition) is 5. The van der Waals surface area contributed by atoms with E-state index in [1.807, 2.05) is 0 Å². The lowest BCUT2D eigenvalue weighted by Gasteiger charge is -2.19. The lowest BCUT2D eigenvalue weighted by molar-refractivity contribution is -0.146. The molecule has 124 valence electrons. The monoisotopic (exact) mass is 325 g/mol. The SMILES string of the molecule is Cc1cnc(C(CC(=O)O)C(=O)O)c(C(CC(=O)O)C(=O)O)c1. The molecule has 9 heteroatoms. The summed E-state index contributed by atoms with van der Waals surface area (Å²) in [6, 6.07) is 1.32. The highest BCUT2D eigenvalue weighted by molar-refractivity contribution is 5.86. The van der Waals surface area contributed by atoms with Crippen molar-refractivity contribution >= 4 is 23.9 Å². The van der Waals surface area contributed by atoms with Crippen LogP contribution in [-0.4, -0.2) is 49.3 Å². The highest BCUT2D eigenvalue weighted by Crippen LogP contribution is 2.30. The molecule has 0 aliphatic rings. The third kappa shape index (κ3) is 4.77. The molecule has 0 aliphatic carbocycles. The first-order chi connectivity index (χ1) is 10.6. The van der Waals surface area contributed by atoms with E-state index in [0.29, 0.717) is 5.56 Å². The standard InChI is InChI=1S/C14H15NO8/c1-6-2-7(8(13(20)21)3-10(16)17)12(15-5-6)9(14(22)23)4-11(18)19/h2,5,8-9H,3-4H2,1H3,(H,16,17)(H,18,19)(H,20,21)(H,22,23). The van der Waals surface area contributed by atoms with Crippen LogP contribution in [0.25, 0.3) is 0 Å². The second-order valence-corrected chi connectivity index (χ2v) is 4.96. The van der Waals surface area contributed by atoms with Crippen LogP contribution in [0.3, 0.4) is 0 Å². The van der Waals surface area contributed by atoms with E-state index >= 15 is 0 Å². The molecular weight excluding hydrogens is 310 g/mol. The highest BCUT2D eigenvalue weighted by Gasteiger charge is 2.33. The Morgan fingerprint density at radius 2 is 1.43 bits per heavy atom. The predicted molar refractivity (Wildman–Crippen MR) is 74.2 cm³/mol. The van der Waals surface area contributed by atoms with E-state index < -0.39 is 48.6 Å². The van der Waals surface area contributed by atoms with E-state index in [-0.39, 0.29) is 11.3 Å². The maximum atomic E-state index is 11.4. The molecule has 1 rings (SSSR count). The van der Waals surface area contributed by atoms with Crippen molar-refractivity contribution in [2.75, 3.05) is 0 Å². The van der Waals surface area contributed by atoms with E-state index in [1.54, 1.807) is 6.92 Å². The van der Waals surface area contributed by atoms with Crippen LogP contribution >= 0.6 is 0 Å². The minimum atomic E-state index is -1.57. The number of aromatic nitrogens is 1. The zero-order valence-electron chi connectivity index (χ0n) is 12.1. The minimum absolute atomic E-state index is 0.103. The zero-order valence-corrected chi connectivity index (χ0v) is 12.1. The van der Waals surface area contributed by atoms with Gasteiger partial charge in [-0.05, 0) is 18.1 Å². The molecule has 0 saturated carbocycles. The number of rotatable bonds is 8. The molecular formula is C14H15NO8. The summed E-state index contributed by atoms with van der Waals surface area (Å²) in [4.78, 5) is 48.3. The van der Waals surface area contributed by atoms with Crippen molar-refractivity contribution in [3.05, 3.63) is 29.1 Å². The smallest absolute Gasteiger partial charge is 0.313 e. The summed E-state index contributed by atoms with van der Waals surface area (Å²) >= 11 is 0. The van der Waals surface area contributed by atoms with Crippen molar-refractivity contribution in [1.82, 2.24) is 4.98 Å². The molecule has 0 spiro atoms. The van der Waals surface area contributed by atoms with Gasteiger partial charge in [0.15, 0.2) is 0 Å². The predicted octanol–water partition coefficient (Wildman–Crippen LogP) is 0.676. The maximum absolute atomic E-state index is 11.4. The molecule has 2 atom stereocenters. The van der Waals surface area contributed by atoms with Crippen LogP contribution in [0, 0.1) is 6.92 Å². The maximum Gasteiger partial charge on any atom is 0.313 e. The Morgan fingerprint density at radius 1 is 0.957 bits per heavy atom. The Labute approximate surface area is 130 Å². The van der Waals surface area contributed by atoms with E-state index in [1.165, 1.54) is 12.3 Å². The molecule has 23 heavy (non-hydrogen) atoms. The highest BCUT2D eigenvalue weighted by atomic mass is 16.4. The fraction of sp³-hybridized carbons (Fsp3) is 0.357. The van der Waals surface area contributed by atoms with Gasteiger partial charge in [-0.25, -0.2) is 0 Å². The second-order valence-electron chi connectivity index (χ2n) is 4.96. The summed E-state index contributed by atoms with van der Waals surface area (Å²) in [6.45, 7) is 1.58. The molecule has 1 aromatic heterocycles. The fourth-order valence-corrected chi connectivity index (χ4v) is 2.15. The van der Waals surface area contributed by atoms with Crippen LogP contribution in [-0.2, 0) is 19.2 Å². The first kappa shape index (κ1) is 18.1. The molecule has 1 heterocycles.